The molecule has 1 aromatic heterocycles. The van der Waals surface area contributed by atoms with Crippen molar-refractivity contribution in [2.45, 2.75) is 39.7 Å². The minimum absolute atomic E-state index is 0.0842. The summed E-state index contributed by atoms with van der Waals surface area (Å²) in [7, 11) is 0. The fourth-order valence-corrected chi connectivity index (χ4v) is 3.64. The van der Waals surface area contributed by atoms with Crippen LogP contribution in [-0.4, -0.2) is 29.0 Å². The molecule has 1 aliphatic rings. The second-order valence-electron chi connectivity index (χ2n) is 8.42. The number of aromatic nitrogens is 2. The summed E-state index contributed by atoms with van der Waals surface area (Å²) in [4.78, 5) is 12.8. The number of nitrogens with zero attached hydrogens (tertiary/aromatic N) is 2. The largest absolute Gasteiger partial charge is 0.454 e. The van der Waals surface area contributed by atoms with Gasteiger partial charge < -0.3 is 14.8 Å². The molecular weight excluding hydrogens is 378 g/mol. The Morgan fingerprint density at radius 3 is 2.67 bits per heavy atom. The summed E-state index contributed by atoms with van der Waals surface area (Å²) in [5, 5.41) is 7.58. The maximum atomic E-state index is 12.8. The Morgan fingerprint density at radius 1 is 1.10 bits per heavy atom. The Hall–Kier alpha value is -3.28. The highest BCUT2D eigenvalue weighted by atomic mass is 16.7. The molecule has 0 bridgehead atoms. The van der Waals surface area contributed by atoms with Crippen molar-refractivity contribution in [2.75, 3.05) is 13.3 Å². The molecule has 0 saturated carbocycles. The Balaban J connectivity index is 1.43. The van der Waals surface area contributed by atoms with Gasteiger partial charge in [0.2, 0.25) is 6.79 Å². The van der Waals surface area contributed by atoms with Gasteiger partial charge in [-0.05, 0) is 55.3 Å². The van der Waals surface area contributed by atoms with Crippen LogP contribution in [0.1, 0.15) is 46.7 Å². The normalized spacial score (nSPS) is 12.8. The van der Waals surface area contributed by atoms with Gasteiger partial charge in [0.25, 0.3) is 5.91 Å². The third-order valence-electron chi connectivity index (χ3n) is 5.47. The Bertz CT molecular complexity index is 1090. The number of ether oxygens (including phenoxy) is 2. The smallest absolute Gasteiger partial charge is 0.251 e. The van der Waals surface area contributed by atoms with Gasteiger partial charge in [0.15, 0.2) is 11.5 Å². The molecule has 1 N–H and O–H groups in total. The molecule has 0 unspecified atom stereocenters. The van der Waals surface area contributed by atoms with Gasteiger partial charge in [-0.3, -0.25) is 9.48 Å². The average Bonchev–Trinajstić information content (AvgIpc) is 3.31. The van der Waals surface area contributed by atoms with Crippen LogP contribution in [0.15, 0.2) is 48.5 Å². The fraction of sp³-hybridized carbons (Fsp3) is 0.333. The number of hydrogen-bond donors (Lipinski definition) is 1. The lowest BCUT2D eigenvalue weighted by Gasteiger charge is -2.26. The van der Waals surface area contributed by atoms with E-state index in [9.17, 15) is 4.79 Å². The first-order valence-corrected chi connectivity index (χ1v) is 10.1. The van der Waals surface area contributed by atoms with Crippen LogP contribution in [-0.2, 0) is 12.0 Å². The number of carbonyl (C=O) groups excluding carboxylic acids is 1. The van der Waals surface area contributed by atoms with Gasteiger partial charge in [0.1, 0.15) is 0 Å². The summed E-state index contributed by atoms with van der Waals surface area (Å²) in [6.07, 6.45) is 0. The Labute approximate surface area is 176 Å². The standard InChI is InChI=1S/C24H27N3O3/c1-16-10-17(2)27(26-16)13-18-6-5-7-19(11-18)23(28)25-14-24(3,4)20-8-9-21-22(12-20)30-15-29-21/h5-12H,13-15H2,1-4H3,(H,25,28). The number of fused-ring (bicyclic) bond motifs is 1. The van der Waals surface area contributed by atoms with Crippen LogP contribution in [0.2, 0.25) is 0 Å². The van der Waals surface area contributed by atoms with Gasteiger partial charge in [-0.25, -0.2) is 0 Å². The lowest BCUT2D eigenvalue weighted by molar-refractivity contribution is 0.0945. The number of benzene rings is 2. The van der Waals surface area contributed by atoms with E-state index in [0.29, 0.717) is 18.7 Å². The van der Waals surface area contributed by atoms with E-state index in [1.165, 1.54) is 0 Å². The molecule has 1 amide bonds. The zero-order chi connectivity index (χ0) is 21.3. The highest BCUT2D eigenvalue weighted by Crippen LogP contribution is 2.36. The van der Waals surface area contributed by atoms with Crippen molar-refractivity contribution < 1.29 is 14.3 Å². The highest BCUT2D eigenvalue weighted by molar-refractivity contribution is 5.94. The van der Waals surface area contributed by atoms with Crippen molar-refractivity contribution in [1.29, 1.82) is 0 Å². The molecule has 0 saturated heterocycles. The number of aryl methyl sites for hydroxylation is 2. The zero-order valence-electron chi connectivity index (χ0n) is 17.9. The minimum Gasteiger partial charge on any atom is -0.454 e. The molecular formula is C24H27N3O3. The van der Waals surface area contributed by atoms with Crippen molar-refractivity contribution in [3.63, 3.8) is 0 Å². The average molecular weight is 405 g/mol. The van der Waals surface area contributed by atoms with E-state index in [1.54, 1.807) is 0 Å². The first kappa shape index (κ1) is 20.0. The summed E-state index contributed by atoms with van der Waals surface area (Å²) in [6, 6.07) is 15.7. The second-order valence-corrected chi connectivity index (χ2v) is 8.42. The van der Waals surface area contributed by atoms with Gasteiger partial charge in [0, 0.05) is 23.2 Å². The number of nitrogens with one attached hydrogen (secondary N) is 1. The number of hydrogen-bond acceptors (Lipinski definition) is 4. The molecule has 6 nitrogen and oxygen atoms in total. The molecule has 0 radical (unpaired) electrons. The Morgan fingerprint density at radius 2 is 1.90 bits per heavy atom. The summed E-state index contributed by atoms with van der Waals surface area (Å²) in [6.45, 7) is 9.62. The summed E-state index contributed by atoms with van der Waals surface area (Å²) >= 11 is 0. The molecule has 0 atom stereocenters. The quantitative estimate of drug-likeness (QED) is 0.674. The van der Waals surface area contributed by atoms with Gasteiger partial charge in [-0.2, -0.15) is 5.10 Å². The van der Waals surface area contributed by atoms with E-state index in [1.807, 2.05) is 61.0 Å². The van der Waals surface area contributed by atoms with Gasteiger partial charge in [-0.15, -0.1) is 0 Å². The maximum absolute atomic E-state index is 12.8. The maximum Gasteiger partial charge on any atom is 0.251 e. The van der Waals surface area contributed by atoms with Crippen LogP contribution in [0, 0.1) is 13.8 Å². The number of rotatable bonds is 6. The molecule has 3 aromatic rings. The highest BCUT2D eigenvalue weighted by Gasteiger charge is 2.25. The van der Waals surface area contributed by atoms with Crippen molar-refractivity contribution in [2.24, 2.45) is 0 Å². The van der Waals surface area contributed by atoms with Gasteiger partial charge in [-0.1, -0.05) is 32.0 Å². The van der Waals surface area contributed by atoms with E-state index >= 15 is 0 Å². The minimum atomic E-state index is -0.252. The third kappa shape index (κ3) is 4.17. The van der Waals surface area contributed by atoms with Crippen molar-refractivity contribution in [3.8, 4) is 11.5 Å². The zero-order valence-corrected chi connectivity index (χ0v) is 17.9. The number of amides is 1. The van der Waals surface area contributed by atoms with Crippen LogP contribution in [0.25, 0.3) is 0 Å². The van der Waals surface area contributed by atoms with Crippen molar-refractivity contribution in [3.05, 3.63) is 76.6 Å². The monoisotopic (exact) mass is 405 g/mol. The number of carbonyl (C=O) groups is 1. The molecule has 0 fully saturated rings. The molecule has 6 heteroatoms. The second kappa shape index (κ2) is 7.86. The van der Waals surface area contributed by atoms with Crippen LogP contribution >= 0.6 is 0 Å². The van der Waals surface area contributed by atoms with Gasteiger partial charge >= 0.3 is 0 Å². The molecule has 2 heterocycles. The predicted molar refractivity (Wildman–Crippen MR) is 115 cm³/mol. The molecule has 156 valence electrons. The fourth-order valence-electron chi connectivity index (χ4n) is 3.64. The summed E-state index contributed by atoms with van der Waals surface area (Å²) < 4.78 is 12.8. The van der Waals surface area contributed by atoms with E-state index in [0.717, 1.165) is 34.0 Å². The van der Waals surface area contributed by atoms with E-state index in [4.69, 9.17) is 9.47 Å². The van der Waals surface area contributed by atoms with E-state index in [2.05, 4.69) is 30.3 Å². The molecule has 30 heavy (non-hydrogen) atoms. The SMILES string of the molecule is Cc1cc(C)n(Cc2cccc(C(=O)NCC(C)(C)c3ccc4c(c3)OCO4)c2)n1. The van der Waals surface area contributed by atoms with Crippen molar-refractivity contribution in [1.82, 2.24) is 15.1 Å². The van der Waals surface area contributed by atoms with E-state index in [-0.39, 0.29) is 18.1 Å². The first-order chi connectivity index (χ1) is 14.3. The molecule has 0 aliphatic carbocycles. The summed E-state index contributed by atoms with van der Waals surface area (Å²) in [5.41, 5.74) is 4.63. The predicted octanol–water partition coefficient (Wildman–Crippen LogP) is 3.98. The van der Waals surface area contributed by atoms with Crippen LogP contribution < -0.4 is 14.8 Å². The molecule has 4 rings (SSSR count). The first-order valence-electron chi connectivity index (χ1n) is 10.1. The van der Waals surface area contributed by atoms with Crippen LogP contribution in [0.3, 0.4) is 0 Å². The van der Waals surface area contributed by atoms with Gasteiger partial charge in [0.05, 0.1) is 12.2 Å². The molecule has 2 aromatic carbocycles. The molecule has 1 aliphatic heterocycles. The third-order valence-corrected chi connectivity index (χ3v) is 5.47. The topological polar surface area (TPSA) is 65.4 Å². The lowest BCUT2D eigenvalue weighted by Crippen LogP contribution is -2.36. The van der Waals surface area contributed by atoms with Crippen LogP contribution in [0.5, 0.6) is 11.5 Å². The summed E-state index contributed by atoms with van der Waals surface area (Å²) in [5.74, 6) is 1.43. The molecule has 0 spiro atoms. The van der Waals surface area contributed by atoms with Crippen LogP contribution in [0.4, 0.5) is 0 Å². The Kier molecular flexibility index (Phi) is 5.24. The van der Waals surface area contributed by atoms with Crippen molar-refractivity contribution >= 4 is 5.91 Å². The van der Waals surface area contributed by atoms with E-state index < -0.39 is 0 Å². The lowest BCUT2D eigenvalue weighted by atomic mass is 9.84.